The summed E-state index contributed by atoms with van der Waals surface area (Å²) in [6, 6.07) is 13.2. The van der Waals surface area contributed by atoms with Crippen LogP contribution in [0.1, 0.15) is 5.56 Å². The molecule has 1 saturated heterocycles. The Bertz CT molecular complexity index is 1380. The molecule has 0 saturated carbocycles. The van der Waals surface area contributed by atoms with Gasteiger partial charge in [-0.05, 0) is 48.0 Å². The SMILES string of the molecule is O=C(CN1C(=O)C(=Cc2ccc3c(c2)OCO3)SC1=S)Nc1ccc2oc(=O)ccc2c1. The van der Waals surface area contributed by atoms with Crippen molar-refractivity contribution in [3.63, 3.8) is 0 Å². The van der Waals surface area contributed by atoms with E-state index in [1.807, 2.05) is 6.07 Å². The fourth-order valence-electron chi connectivity index (χ4n) is 3.28. The molecule has 2 amide bonds. The number of hydrogen-bond donors (Lipinski definition) is 1. The van der Waals surface area contributed by atoms with Crippen LogP contribution in [0.2, 0.25) is 0 Å². The smallest absolute Gasteiger partial charge is 0.336 e. The topological polar surface area (TPSA) is 98.1 Å². The quantitative estimate of drug-likeness (QED) is 0.355. The molecule has 0 spiro atoms. The molecule has 10 heteroatoms. The molecule has 1 N–H and O–H groups in total. The van der Waals surface area contributed by atoms with Crippen molar-refractivity contribution in [3.8, 4) is 11.5 Å². The number of thioether (sulfide) groups is 1. The molecule has 0 unspecified atom stereocenters. The number of hydrogen-bond acceptors (Lipinski definition) is 8. The van der Waals surface area contributed by atoms with E-state index in [4.69, 9.17) is 26.1 Å². The normalized spacial score (nSPS) is 16.2. The minimum absolute atomic E-state index is 0.168. The zero-order chi connectivity index (χ0) is 22.2. The van der Waals surface area contributed by atoms with E-state index in [0.29, 0.717) is 37.4 Å². The van der Waals surface area contributed by atoms with Crippen LogP contribution in [-0.2, 0) is 9.59 Å². The van der Waals surface area contributed by atoms with Crippen molar-refractivity contribution in [1.29, 1.82) is 0 Å². The van der Waals surface area contributed by atoms with Crippen molar-refractivity contribution in [2.75, 3.05) is 18.7 Å². The Morgan fingerprint density at radius 1 is 1.09 bits per heavy atom. The van der Waals surface area contributed by atoms with E-state index in [1.54, 1.807) is 42.5 Å². The summed E-state index contributed by atoms with van der Waals surface area (Å²) < 4.78 is 16.0. The molecular formula is C22H14N2O6S2. The molecule has 3 aromatic rings. The summed E-state index contributed by atoms with van der Waals surface area (Å²) >= 11 is 6.45. The van der Waals surface area contributed by atoms with E-state index in [1.165, 1.54) is 11.0 Å². The number of nitrogens with zero attached hydrogens (tertiary/aromatic N) is 1. The monoisotopic (exact) mass is 466 g/mol. The second-order valence-electron chi connectivity index (χ2n) is 6.94. The van der Waals surface area contributed by atoms with Crippen LogP contribution in [0.3, 0.4) is 0 Å². The first-order chi connectivity index (χ1) is 15.5. The summed E-state index contributed by atoms with van der Waals surface area (Å²) in [5.74, 6) is 0.529. The fourth-order valence-corrected chi connectivity index (χ4v) is 4.54. The first-order valence-electron chi connectivity index (χ1n) is 9.45. The lowest BCUT2D eigenvalue weighted by molar-refractivity contribution is -0.126. The van der Waals surface area contributed by atoms with Crippen LogP contribution < -0.4 is 20.4 Å². The van der Waals surface area contributed by atoms with Gasteiger partial charge < -0.3 is 19.2 Å². The summed E-state index contributed by atoms with van der Waals surface area (Å²) in [6.07, 6.45) is 1.70. The highest BCUT2D eigenvalue weighted by atomic mass is 32.2. The number of carbonyl (C=O) groups excluding carboxylic acids is 2. The van der Waals surface area contributed by atoms with Crippen LogP contribution in [0.15, 0.2) is 62.6 Å². The predicted molar refractivity (Wildman–Crippen MR) is 124 cm³/mol. The van der Waals surface area contributed by atoms with Crippen LogP contribution >= 0.6 is 24.0 Å². The van der Waals surface area contributed by atoms with Crippen LogP contribution in [0, 0.1) is 0 Å². The van der Waals surface area contributed by atoms with E-state index in [2.05, 4.69) is 5.32 Å². The van der Waals surface area contributed by atoms with E-state index < -0.39 is 11.5 Å². The number of anilines is 1. The average molecular weight is 466 g/mol. The second-order valence-corrected chi connectivity index (χ2v) is 8.61. The fraction of sp³-hybridized carbons (Fsp3) is 0.0909. The minimum atomic E-state index is -0.447. The number of ether oxygens (including phenoxy) is 2. The van der Waals surface area contributed by atoms with Crippen LogP contribution in [0.5, 0.6) is 11.5 Å². The molecule has 2 aliphatic heterocycles. The van der Waals surface area contributed by atoms with Gasteiger partial charge in [0, 0.05) is 17.1 Å². The van der Waals surface area contributed by atoms with Crippen molar-refractivity contribution in [2.24, 2.45) is 0 Å². The van der Waals surface area contributed by atoms with Crippen LogP contribution in [-0.4, -0.2) is 34.4 Å². The molecule has 0 radical (unpaired) electrons. The van der Waals surface area contributed by atoms with Crippen LogP contribution in [0.25, 0.3) is 17.0 Å². The Balaban J connectivity index is 1.28. The van der Waals surface area contributed by atoms with Gasteiger partial charge in [-0.15, -0.1) is 0 Å². The summed E-state index contributed by atoms with van der Waals surface area (Å²) in [5.41, 5.74) is 1.25. The molecule has 32 heavy (non-hydrogen) atoms. The maximum Gasteiger partial charge on any atom is 0.336 e. The zero-order valence-corrected chi connectivity index (χ0v) is 18.0. The average Bonchev–Trinajstić information content (AvgIpc) is 3.33. The van der Waals surface area contributed by atoms with Gasteiger partial charge >= 0.3 is 5.63 Å². The number of thiocarbonyl (C=S) groups is 1. The summed E-state index contributed by atoms with van der Waals surface area (Å²) in [6.45, 7) is -0.0489. The Morgan fingerprint density at radius 2 is 1.94 bits per heavy atom. The maximum atomic E-state index is 12.8. The molecule has 1 aromatic heterocycles. The van der Waals surface area contributed by atoms with Crippen molar-refractivity contribution >= 4 is 62.8 Å². The Hall–Kier alpha value is -3.63. The van der Waals surface area contributed by atoms with E-state index in [0.717, 1.165) is 17.3 Å². The summed E-state index contributed by atoms with van der Waals surface area (Å²) in [4.78, 5) is 38.3. The van der Waals surface area contributed by atoms with Gasteiger partial charge in [0.2, 0.25) is 12.7 Å². The Labute approximate surface area is 190 Å². The zero-order valence-electron chi connectivity index (χ0n) is 16.3. The van der Waals surface area contributed by atoms with Crippen molar-refractivity contribution in [2.45, 2.75) is 0 Å². The second kappa shape index (κ2) is 8.13. The number of benzene rings is 2. The van der Waals surface area contributed by atoms with Gasteiger partial charge in [0.25, 0.3) is 5.91 Å². The summed E-state index contributed by atoms with van der Waals surface area (Å²) in [7, 11) is 0. The minimum Gasteiger partial charge on any atom is -0.454 e. The Morgan fingerprint density at radius 3 is 2.81 bits per heavy atom. The van der Waals surface area contributed by atoms with Gasteiger partial charge in [0.15, 0.2) is 11.5 Å². The van der Waals surface area contributed by atoms with Crippen molar-refractivity contribution in [3.05, 3.63) is 69.4 Å². The van der Waals surface area contributed by atoms with Gasteiger partial charge in [0.05, 0.1) is 4.91 Å². The molecule has 0 atom stereocenters. The first kappa shape index (κ1) is 20.3. The van der Waals surface area contributed by atoms with E-state index >= 15 is 0 Å². The highest BCUT2D eigenvalue weighted by Gasteiger charge is 2.33. The molecule has 0 bridgehead atoms. The largest absolute Gasteiger partial charge is 0.454 e. The van der Waals surface area contributed by atoms with Gasteiger partial charge in [0.1, 0.15) is 16.4 Å². The molecule has 5 rings (SSSR count). The van der Waals surface area contributed by atoms with E-state index in [9.17, 15) is 14.4 Å². The lowest BCUT2D eigenvalue weighted by Gasteiger charge is -2.14. The van der Waals surface area contributed by atoms with Gasteiger partial charge in [-0.2, -0.15) is 0 Å². The van der Waals surface area contributed by atoms with Crippen molar-refractivity contribution in [1.82, 2.24) is 4.90 Å². The molecule has 2 aliphatic rings. The third-order valence-corrected chi connectivity index (χ3v) is 6.15. The van der Waals surface area contributed by atoms with Crippen LogP contribution in [0.4, 0.5) is 5.69 Å². The third kappa shape index (κ3) is 3.97. The molecule has 160 valence electrons. The van der Waals surface area contributed by atoms with Gasteiger partial charge in [-0.25, -0.2) is 4.79 Å². The molecule has 8 nitrogen and oxygen atoms in total. The molecule has 0 aliphatic carbocycles. The van der Waals surface area contributed by atoms with Crippen molar-refractivity contribution < 1.29 is 23.5 Å². The lowest BCUT2D eigenvalue weighted by Crippen LogP contribution is -2.36. The predicted octanol–water partition coefficient (Wildman–Crippen LogP) is 3.36. The lowest BCUT2D eigenvalue weighted by atomic mass is 10.2. The van der Waals surface area contributed by atoms with Gasteiger partial charge in [-0.3, -0.25) is 14.5 Å². The molecule has 2 aromatic carbocycles. The summed E-state index contributed by atoms with van der Waals surface area (Å²) in [5, 5.41) is 3.40. The molecule has 1 fully saturated rings. The number of rotatable bonds is 4. The molecular weight excluding hydrogens is 452 g/mol. The first-order valence-corrected chi connectivity index (χ1v) is 10.7. The third-order valence-electron chi connectivity index (χ3n) is 4.77. The highest BCUT2D eigenvalue weighted by Crippen LogP contribution is 2.36. The van der Waals surface area contributed by atoms with Gasteiger partial charge in [-0.1, -0.05) is 30.0 Å². The molecule has 3 heterocycles. The standard InChI is InChI=1S/C22H14N2O6S2/c25-19(23-14-3-5-15-13(9-14)2-6-20(26)30-15)10-24-21(27)18(32-22(24)31)8-12-1-4-16-17(7-12)29-11-28-16/h1-9H,10-11H2,(H,23,25). The van der Waals surface area contributed by atoms with E-state index in [-0.39, 0.29) is 19.2 Å². The Kier molecular flexibility index (Phi) is 5.16. The number of carbonyl (C=O) groups is 2. The highest BCUT2D eigenvalue weighted by molar-refractivity contribution is 8.26. The maximum absolute atomic E-state index is 12.8. The number of nitrogens with one attached hydrogen (secondary N) is 1. The number of amides is 2. The number of fused-ring (bicyclic) bond motifs is 2.